The van der Waals surface area contributed by atoms with Crippen LogP contribution in [-0.4, -0.2) is 32.3 Å². The maximum Gasteiger partial charge on any atom is 0.321 e. The van der Waals surface area contributed by atoms with Gasteiger partial charge in [0.25, 0.3) is 0 Å². The highest BCUT2D eigenvalue weighted by molar-refractivity contribution is 7.85. The zero-order valence-corrected chi connectivity index (χ0v) is 11.4. The number of halogens is 1. The number of carboxylic acid groups (broad SMARTS) is 1. The third kappa shape index (κ3) is 2.74. The first kappa shape index (κ1) is 13.5. The molecule has 0 spiro atoms. The van der Waals surface area contributed by atoms with Gasteiger partial charge in [0.1, 0.15) is 6.04 Å². The number of nitrogens with one attached hydrogen (secondary N) is 1. The fourth-order valence-electron chi connectivity index (χ4n) is 2.08. The summed E-state index contributed by atoms with van der Waals surface area (Å²) >= 11 is 5.93. The van der Waals surface area contributed by atoms with Crippen LogP contribution in [-0.2, 0) is 15.6 Å². The molecule has 6 heteroatoms. The molecule has 1 aliphatic rings. The second kappa shape index (κ2) is 5.38. The third-order valence-corrected chi connectivity index (χ3v) is 5.10. The zero-order valence-electron chi connectivity index (χ0n) is 9.80. The van der Waals surface area contributed by atoms with Gasteiger partial charge < -0.3 is 5.11 Å². The Hall–Kier alpha value is -0.910. The van der Waals surface area contributed by atoms with Crippen LogP contribution in [0.1, 0.15) is 18.5 Å². The first-order valence-corrected chi connectivity index (χ1v) is 7.36. The summed E-state index contributed by atoms with van der Waals surface area (Å²) in [5, 5.41) is 12.5. The van der Waals surface area contributed by atoms with E-state index in [2.05, 4.69) is 5.32 Å². The van der Waals surface area contributed by atoms with E-state index in [0.717, 1.165) is 5.56 Å². The number of rotatable bonds is 2. The Kier molecular flexibility index (Phi) is 4.04. The van der Waals surface area contributed by atoms with Crippen molar-refractivity contribution in [3.63, 3.8) is 0 Å². The number of benzene rings is 1. The summed E-state index contributed by atoms with van der Waals surface area (Å²) in [5.41, 5.74) is 0.870. The molecule has 1 heterocycles. The summed E-state index contributed by atoms with van der Waals surface area (Å²) < 4.78 is 12.0. The van der Waals surface area contributed by atoms with E-state index in [0.29, 0.717) is 5.02 Å². The van der Waals surface area contributed by atoms with Gasteiger partial charge in [-0.2, -0.15) is 0 Å². The Labute approximate surface area is 113 Å². The Morgan fingerprint density at radius 3 is 2.89 bits per heavy atom. The molecule has 2 rings (SSSR count). The quantitative estimate of drug-likeness (QED) is 0.867. The van der Waals surface area contributed by atoms with E-state index in [1.165, 1.54) is 0 Å². The molecular formula is C12H14ClNO3S. The van der Waals surface area contributed by atoms with Gasteiger partial charge in [-0.1, -0.05) is 23.7 Å². The monoisotopic (exact) mass is 287 g/mol. The maximum atomic E-state index is 12.0. The molecule has 1 fully saturated rings. The first-order chi connectivity index (χ1) is 8.49. The lowest BCUT2D eigenvalue weighted by molar-refractivity contribution is -0.139. The van der Waals surface area contributed by atoms with Crippen molar-refractivity contribution in [2.45, 2.75) is 24.3 Å². The van der Waals surface area contributed by atoms with Crippen molar-refractivity contribution in [3.05, 3.63) is 34.9 Å². The van der Waals surface area contributed by atoms with Crippen molar-refractivity contribution >= 4 is 28.4 Å². The van der Waals surface area contributed by atoms with Crippen LogP contribution in [0.3, 0.4) is 0 Å². The molecule has 0 bridgehead atoms. The molecule has 0 aliphatic carbocycles. The highest BCUT2D eigenvalue weighted by Crippen LogP contribution is 2.27. The number of carboxylic acids is 1. The largest absolute Gasteiger partial charge is 0.480 e. The molecule has 18 heavy (non-hydrogen) atoms. The van der Waals surface area contributed by atoms with Gasteiger partial charge >= 0.3 is 5.97 Å². The molecule has 0 saturated carbocycles. The lowest BCUT2D eigenvalue weighted by Gasteiger charge is -2.33. The Bertz CT molecular complexity index is 494. The van der Waals surface area contributed by atoms with E-state index >= 15 is 0 Å². The van der Waals surface area contributed by atoms with Gasteiger partial charge in [-0.05, 0) is 24.6 Å². The van der Waals surface area contributed by atoms with E-state index in [9.17, 15) is 9.00 Å². The Balaban J connectivity index is 2.30. The summed E-state index contributed by atoms with van der Waals surface area (Å²) in [6, 6.07) is 6.17. The standard InChI is InChI=1S/C12H14ClNO3S/c1-7-11(8-3-2-4-9(13)5-8)14-10(12(15)16)6-18(7)17/h2-5,7,10-11,14H,6H2,1H3,(H,15,16). The lowest BCUT2D eigenvalue weighted by Crippen LogP contribution is -2.52. The summed E-state index contributed by atoms with van der Waals surface area (Å²) in [6.07, 6.45) is 0. The molecule has 1 aromatic rings. The minimum absolute atomic E-state index is 0.140. The predicted octanol–water partition coefficient (Wildman–Crippen LogP) is 1.57. The predicted molar refractivity (Wildman–Crippen MR) is 71.2 cm³/mol. The smallest absolute Gasteiger partial charge is 0.321 e. The molecule has 98 valence electrons. The topological polar surface area (TPSA) is 66.4 Å². The molecule has 4 nitrogen and oxygen atoms in total. The molecular weight excluding hydrogens is 274 g/mol. The van der Waals surface area contributed by atoms with Gasteiger partial charge in [-0.25, -0.2) is 0 Å². The van der Waals surface area contributed by atoms with Gasteiger partial charge in [-0.15, -0.1) is 0 Å². The van der Waals surface area contributed by atoms with Gasteiger partial charge in [0.2, 0.25) is 0 Å². The number of hydrogen-bond donors (Lipinski definition) is 2. The van der Waals surface area contributed by atoms with Crippen molar-refractivity contribution in [1.29, 1.82) is 0 Å². The highest BCUT2D eigenvalue weighted by Gasteiger charge is 2.36. The zero-order chi connectivity index (χ0) is 13.3. The van der Waals surface area contributed by atoms with Crippen molar-refractivity contribution in [2.75, 3.05) is 5.75 Å². The number of aliphatic carboxylic acids is 1. The van der Waals surface area contributed by atoms with Crippen LogP contribution in [0.25, 0.3) is 0 Å². The van der Waals surface area contributed by atoms with Gasteiger partial charge in [0.15, 0.2) is 0 Å². The third-order valence-electron chi connectivity index (χ3n) is 3.10. The Morgan fingerprint density at radius 1 is 1.56 bits per heavy atom. The summed E-state index contributed by atoms with van der Waals surface area (Å²) in [5.74, 6) is -0.824. The van der Waals surface area contributed by atoms with Crippen molar-refractivity contribution in [1.82, 2.24) is 5.32 Å². The van der Waals surface area contributed by atoms with Crippen LogP contribution in [0.2, 0.25) is 5.02 Å². The normalized spacial score (nSPS) is 32.1. The lowest BCUT2D eigenvalue weighted by atomic mass is 10.0. The second-order valence-electron chi connectivity index (χ2n) is 4.34. The minimum atomic E-state index is -1.16. The van der Waals surface area contributed by atoms with Crippen LogP contribution in [0.15, 0.2) is 24.3 Å². The molecule has 0 radical (unpaired) electrons. The summed E-state index contributed by atoms with van der Waals surface area (Å²) in [7, 11) is -1.16. The van der Waals surface area contributed by atoms with Crippen molar-refractivity contribution in [2.24, 2.45) is 0 Å². The summed E-state index contributed by atoms with van der Waals surface area (Å²) in [6.45, 7) is 1.85. The molecule has 4 atom stereocenters. The molecule has 0 aromatic heterocycles. The van der Waals surface area contributed by atoms with E-state index in [1.54, 1.807) is 18.2 Å². The van der Waals surface area contributed by atoms with Crippen molar-refractivity contribution < 1.29 is 14.1 Å². The average Bonchev–Trinajstić information content (AvgIpc) is 2.32. The fourth-order valence-corrected chi connectivity index (χ4v) is 3.69. The van der Waals surface area contributed by atoms with E-state index < -0.39 is 22.8 Å². The average molecular weight is 288 g/mol. The molecule has 1 aliphatic heterocycles. The van der Waals surface area contributed by atoms with E-state index in [-0.39, 0.29) is 17.0 Å². The number of carbonyl (C=O) groups is 1. The van der Waals surface area contributed by atoms with Gasteiger partial charge in [-0.3, -0.25) is 14.3 Å². The van der Waals surface area contributed by atoms with Gasteiger partial charge in [0, 0.05) is 27.6 Å². The van der Waals surface area contributed by atoms with Gasteiger partial charge in [0.05, 0.1) is 5.25 Å². The Morgan fingerprint density at radius 2 is 2.28 bits per heavy atom. The fraction of sp³-hybridized carbons (Fsp3) is 0.417. The van der Waals surface area contributed by atoms with E-state index in [4.69, 9.17) is 16.7 Å². The second-order valence-corrected chi connectivity index (χ2v) is 6.62. The highest BCUT2D eigenvalue weighted by atomic mass is 35.5. The number of hydrogen-bond acceptors (Lipinski definition) is 3. The van der Waals surface area contributed by atoms with E-state index in [1.807, 2.05) is 13.0 Å². The summed E-state index contributed by atoms with van der Waals surface area (Å²) in [4.78, 5) is 11.0. The van der Waals surface area contributed by atoms with Crippen LogP contribution >= 0.6 is 11.6 Å². The SMILES string of the molecule is CC1C(c2cccc(Cl)c2)NC(C(=O)O)CS1=O. The molecule has 1 aromatic carbocycles. The maximum absolute atomic E-state index is 12.0. The minimum Gasteiger partial charge on any atom is -0.480 e. The van der Waals surface area contributed by atoms with Crippen LogP contribution in [0.5, 0.6) is 0 Å². The molecule has 1 saturated heterocycles. The van der Waals surface area contributed by atoms with Crippen LogP contribution in [0, 0.1) is 0 Å². The molecule has 2 N–H and O–H groups in total. The molecule has 0 amide bonds. The van der Waals surface area contributed by atoms with Crippen LogP contribution in [0.4, 0.5) is 0 Å². The first-order valence-electron chi connectivity index (χ1n) is 5.60. The van der Waals surface area contributed by atoms with Crippen molar-refractivity contribution in [3.8, 4) is 0 Å². The van der Waals surface area contributed by atoms with Crippen LogP contribution < -0.4 is 5.32 Å². The molecule has 4 unspecified atom stereocenters.